The zero-order valence-corrected chi connectivity index (χ0v) is 13.1. The molecule has 1 atom stereocenters. The number of rotatable bonds is 6. The molecular weight excluding hydrogens is 296 g/mol. The number of benzene rings is 1. The minimum absolute atomic E-state index is 0.0876. The van der Waals surface area contributed by atoms with E-state index >= 15 is 0 Å². The minimum Gasteiger partial charge on any atom is -0.469 e. The summed E-state index contributed by atoms with van der Waals surface area (Å²) in [6, 6.07) is 8.98. The number of carbonyl (C=O) groups is 2. The molecule has 1 aromatic carbocycles. The van der Waals surface area contributed by atoms with Gasteiger partial charge in [-0.2, -0.15) is 0 Å². The van der Waals surface area contributed by atoms with E-state index in [1.54, 1.807) is 13.0 Å². The summed E-state index contributed by atoms with van der Waals surface area (Å²) in [5.41, 5.74) is 2.13. The van der Waals surface area contributed by atoms with Crippen LogP contribution >= 0.6 is 0 Å². The summed E-state index contributed by atoms with van der Waals surface area (Å²) in [6.07, 6.45) is 0.634. The van der Waals surface area contributed by atoms with Crippen LogP contribution in [0, 0.1) is 13.8 Å². The third-order valence-corrected chi connectivity index (χ3v) is 3.55. The molecule has 0 radical (unpaired) electrons. The minimum atomic E-state index is -0.785. The Morgan fingerprint density at radius 2 is 1.91 bits per heavy atom. The summed E-state index contributed by atoms with van der Waals surface area (Å²) in [7, 11) is 0. The van der Waals surface area contributed by atoms with Crippen LogP contribution in [0.2, 0.25) is 0 Å². The predicted molar refractivity (Wildman–Crippen MR) is 84.9 cm³/mol. The molecule has 0 aliphatic carbocycles. The van der Waals surface area contributed by atoms with Crippen LogP contribution in [0.3, 0.4) is 0 Å². The second-order valence-corrected chi connectivity index (χ2v) is 5.25. The summed E-state index contributed by atoms with van der Waals surface area (Å²) in [5, 5.41) is 15.2. The first-order valence-corrected chi connectivity index (χ1v) is 7.31. The molecule has 1 unspecified atom stereocenters. The molecule has 1 heterocycles. The van der Waals surface area contributed by atoms with Crippen molar-refractivity contribution < 1.29 is 19.1 Å². The van der Waals surface area contributed by atoms with Gasteiger partial charge in [-0.25, -0.2) is 0 Å². The summed E-state index contributed by atoms with van der Waals surface area (Å²) in [6.45, 7) is 3.50. The van der Waals surface area contributed by atoms with Crippen LogP contribution in [-0.4, -0.2) is 30.0 Å². The largest absolute Gasteiger partial charge is 0.469 e. The van der Waals surface area contributed by atoms with Crippen molar-refractivity contribution in [1.29, 1.82) is 0 Å². The lowest BCUT2D eigenvalue weighted by Crippen LogP contribution is -2.38. The third-order valence-electron chi connectivity index (χ3n) is 3.55. The van der Waals surface area contributed by atoms with Crippen molar-refractivity contribution in [3.05, 3.63) is 59.0 Å². The zero-order chi connectivity index (χ0) is 16.8. The van der Waals surface area contributed by atoms with Crippen molar-refractivity contribution in [3.63, 3.8) is 0 Å². The summed E-state index contributed by atoms with van der Waals surface area (Å²) in [5.74, 6) is -0.240. The fourth-order valence-corrected chi connectivity index (χ4v) is 2.22. The van der Waals surface area contributed by atoms with Gasteiger partial charge in [0.25, 0.3) is 5.91 Å². The SMILES string of the molecule is Cc1ccccc1C(O)CNC(=O)CNC(=O)c1ccoc1C. The molecule has 3 N–H and O–H groups in total. The van der Waals surface area contributed by atoms with Gasteiger partial charge in [0, 0.05) is 6.54 Å². The van der Waals surface area contributed by atoms with Crippen LogP contribution in [0.5, 0.6) is 0 Å². The molecule has 0 aliphatic rings. The number of aliphatic hydroxyl groups is 1. The molecule has 0 saturated heterocycles. The van der Waals surface area contributed by atoms with E-state index in [-0.39, 0.29) is 24.9 Å². The highest BCUT2D eigenvalue weighted by Crippen LogP contribution is 2.16. The quantitative estimate of drug-likeness (QED) is 0.752. The zero-order valence-electron chi connectivity index (χ0n) is 13.1. The Morgan fingerprint density at radius 3 is 2.57 bits per heavy atom. The topological polar surface area (TPSA) is 91.6 Å². The Hall–Kier alpha value is -2.60. The Morgan fingerprint density at radius 1 is 1.17 bits per heavy atom. The highest BCUT2D eigenvalue weighted by Gasteiger charge is 2.14. The fraction of sp³-hybridized carbons (Fsp3) is 0.294. The van der Waals surface area contributed by atoms with Crippen molar-refractivity contribution in [3.8, 4) is 0 Å². The summed E-state index contributed by atoms with van der Waals surface area (Å²) in [4.78, 5) is 23.6. The number of amides is 2. The lowest BCUT2D eigenvalue weighted by Gasteiger charge is -2.14. The Labute approximate surface area is 134 Å². The van der Waals surface area contributed by atoms with Crippen LogP contribution in [0.15, 0.2) is 41.0 Å². The highest BCUT2D eigenvalue weighted by molar-refractivity contribution is 5.97. The van der Waals surface area contributed by atoms with Crippen LogP contribution < -0.4 is 10.6 Å². The van der Waals surface area contributed by atoms with E-state index in [1.807, 2.05) is 31.2 Å². The average Bonchev–Trinajstić information content (AvgIpc) is 2.97. The fourth-order valence-electron chi connectivity index (χ4n) is 2.22. The van der Waals surface area contributed by atoms with Crippen LogP contribution in [-0.2, 0) is 4.79 Å². The smallest absolute Gasteiger partial charge is 0.255 e. The number of nitrogens with one attached hydrogen (secondary N) is 2. The van der Waals surface area contributed by atoms with Gasteiger partial charge in [0.1, 0.15) is 5.76 Å². The average molecular weight is 316 g/mol. The van der Waals surface area contributed by atoms with E-state index in [2.05, 4.69) is 10.6 Å². The van der Waals surface area contributed by atoms with Gasteiger partial charge >= 0.3 is 0 Å². The maximum absolute atomic E-state index is 11.8. The van der Waals surface area contributed by atoms with Gasteiger partial charge in [-0.15, -0.1) is 0 Å². The second kappa shape index (κ2) is 7.60. The van der Waals surface area contributed by atoms with Crippen molar-refractivity contribution in [1.82, 2.24) is 10.6 Å². The second-order valence-electron chi connectivity index (χ2n) is 5.25. The molecular formula is C17H20N2O4. The molecule has 0 aliphatic heterocycles. The van der Waals surface area contributed by atoms with Crippen LogP contribution in [0.4, 0.5) is 0 Å². The van der Waals surface area contributed by atoms with Gasteiger partial charge < -0.3 is 20.2 Å². The molecule has 122 valence electrons. The lowest BCUT2D eigenvalue weighted by atomic mass is 10.0. The van der Waals surface area contributed by atoms with Crippen LogP contribution in [0.25, 0.3) is 0 Å². The molecule has 2 rings (SSSR count). The van der Waals surface area contributed by atoms with Crippen molar-refractivity contribution in [2.24, 2.45) is 0 Å². The molecule has 0 spiro atoms. The first-order valence-electron chi connectivity index (χ1n) is 7.31. The van der Waals surface area contributed by atoms with Gasteiger partial charge in [-0.05, 0) is 31.0 Å². The molecule has 0 bridgehead atoms. The van der Waals surface area contributed by atoms with Crippen LogP contribution in [0.1, 0.15) is 33.3 Å². The van der Waals surface area contributed by atoms with Gasteiger partial charge in [0.2, 0.25) is 5.91 Å². The standard InChI is InChI=1S/C17H20N2O4/c1-11-5-3-4-6-13(11)15(20)9-18-16(21)10-19-17(22)14-7-8-23-12(14)2/h3-8,15,20H,9-10H2,1-2H3,(H,18,21)(H,19,22). The van der Waals surface area contributed by atoms with E-state index < -0.39 is 6.10 Å². The molecule has 0 saturated carbocycles. The first-order chi connectivity index (χ1) is 11.0. The van der Waals surface area contributed by atoms with Gasteiger partial charge in [-0.1, -0.05) is 24.3 Å². The Bertz CT molecular complexity index is 693. The highest BCUT2D eigenvalue weighted by atomic mass is 16.3. The Balaban J connectivity index is 1.78. The molecule has 6 nitrogen and oxygen atoms in total. The summed E-state index contributed by atoms with van der Waals surface area (Å²) >= 11 is 0. The molecule has 23 heavy (non-hydrogen) atoms. The first kappa shape index (κ1) is 16.8. The van der Waals surface area contributed by atoms with Gasteiger partial charge in [0.05, 0.1) is 24.5 Å². The van der Waals surface area contributed by atoms with E-state index in [0.717, 1.165) is 11.1 Å². The van der Waals surface area contributed by atoms with Gasteiger partial charge in [-0.3, -0.25) is 9.59 Å². The number of aliphatic hydroxyl groups excluding tert-OH is 1. The molecule has 2 aromatic rings. The van der Waals surface area contributed by atoms with Crippen molar-refractivity contribution in [2.45, 2.75) is 20.0 Å². The van der Waals surface area contributed by atoms with E-state index in [1.165, 1.54) is 6.26 Å². The monoisotopic (exact) mass is 316 g/mol. The molecule has 6 heteroatoms. The molecule has 0 fully saturated rings. The third kappa shape index (κ3) is 4.43. The van der Waals surface area contributed by atoms with E-state index in [4.69, 9.17) is 4.42 Å². The lowest BCUT2D eigenvalue weighted by molar-refractivity contribution is -0.120. The van der Waals surface area contributed by atoms with E-state index in [0.29, 0.717) is 11.3 Å². The van der Waals surface area contributed by atoms with Gasteiger partial charge in [0.15, 0.2) is 0 Å². The van der Waals surface area contributed by atoms with Crippen molar-refractivity contribution >= 4 is 11.8 Å². The number of aryl methyl sites for hydroxylation is 2. The molecule has 1 aromatic heterocycles. The Kier molecular flexibility index (Phi) is 5.54. The number of furan rings is 1. The van der Waals surface area contributed by atoms with Crippen molar-refractivity contribution in [2.75, 3.05) is 13.1 Å². The maximum atomic E-state index is 11.8. The molecule has 2 amide bonds. The predicted octanol–water partition coefficient (Wildman–Crippen LogP) is 1.48. The van der Waals surface area contributed by atoms with E-state index in [9.17, 15) is 14.7 Å². The number of carbonyl (C=O) groups excluding carboxylic acids is 2. The summed E-state index contributed by atoms with van der Waals surface area (Å²) < 4.78 is 5.04. The normalized spacial score (nSPS) is 11.8. The number of hydrogen-bond acceptors (Lipinski definition) is 4. The maximum Gasteiger partial charge on any atom is 0.255 e. The number of hydrogen-bond donors (Lipinski definition) is 3.